The van der Waals surface area contributed by atoms with E-state index in [1.54, 1.807) is 24.3 Å². The largest absolute Gasteiger partial charge is 0.367 e. The van der Waals surface area contributed by atoms with Gasteiger partial charge < -0.3 is 9.80 Å². The van der Waals surface area contributed by atoms with E-state index >= 15 is 0 Å². The van der Waals surface area contributed by atoms with E-state index in [0.29, 0.717) is 69.2 Å². The summed E-state index contributed by atoms with van der Waals surface area (Å²) in [4.78, 5) is 32.3. The van der Waals surface area contributed by atoms with Crippen molar-refractivity contribution >= 4 is 17.4 Å². The Morgan fingerprint density at radius 1 is 0.818 bits per heavy atom. The molecule has 0 atom stereocenters. The van der Waals surface area contributed by atoms with Crippen LogP contribution < -0.4 is 4.90 Å². The monoisotopic (exact) mass is 456 g/mol. The van der Waals surface area contributed by atoms with E-state index in [-0.39, 0.29) is 23.3 Å². The number of carbonyl (C=O) groups is 2. The predicted octanol–water partition coefficient (Wildman–Crippen LogP) is 2.63. The standard InChI is InChI=1S/C25H30F2N4O2/c1-19(32)20-6-7-24(23(27)16-20)30-12-8-29(9-13-30)18-25(33)31-14-10-28(11-15-31)17-21-4-2-3-5-22(21)26/h2-7,16H,8-15,17-18H2,1H3. The van der Waals surface area contributed by atoms with Crippen molar-refractivity contribution in [1.29, 1.82) is 0 Å². The molecule has 4 rings (SSSR count). The smallest absolute Gasteiger partial charge is 0.236 e. The number of nitrogens with zero attached hydrogens (tertiary/aromatic N) is 4. The Balaban J connectivity index is 1.22. The first kappa shape index (κ1) is 23.3. The maximum Gasteiger partial charge on any atom is 0.236 e. The fourth-order valence-corrected chi connectivity index (χ4v) is 4.44. The molecular weight excluding hydrogens is 426 g/mol. The number of piperazine rings is 2. The molecule has 176 valence electrons. The van der Waals surface area contributed by atoms with Crippen LogP contribution in [0, 0.1) is 11.6 Å². The lowest BCUT2D eigenvalue weighted by Crippen LogP contribution is -2.53. The van der Waals surface area contributed by atoms with Gasteiger partial charge in [-0.05, 0) is 31.2 Å². The number of anilines is 1. The highest BCUT2D eigenvalue weighted by atomic mass is 19.1. The molecule has 0 saturated carbocycles. The molecule has 33 heavy (non-hydrogen) atoms. The number of hydrogen-bond acceptors (Lipinski definition) is 5. The zero-order valence-electron chi connectivity index (χ0n) is 19.0. The molecule has 0 N–H and O–H groups in total. The molecule has 0 unspecified atom stereocenters. The molecule has 2 aromatic carbocycles. The quantitative estimate of drug-likeness (QED) is 0.626. The molecule has 0 aliphatic carbocycles. The Hall–Kier alpha value is -2.84. The summed E-state index contributed by atoms with van der Waals surface area (Å²) in [5, 5.41) is 0. The average Bonchev–Trinajstić information content (AvgIpc) is 2.81. The highest BCUT2D eigenvalue weighted by Gasteiger charge is 2.26. The second kappa shape index (κ2) is 10.4. The number of ketones is 1. The van der Waals surface area contributed by atoms with Crippen LogP contribution in [0.15, 0.2) is 42.5 Å². The van der Waals surface area contributed by atoms with Crippen LogP contribution in [0.2, 0.25) is 0 Å². The average molecular weight is 457 g/mol. The van der Waals surface area contributed by atoms with Crippen molar-refractivity contribution in [2.45, 2.75) is 13.5 Å². The van der Waals surface area contributed by atoms with Crippen molar-refractivity contribution in [1.82, 2.24) is 14.7 Å². The van der Waals surface area contributed by atoms with Crippen molar-refractivity contribution in [3.8, 4) is 0 Å². The molecule has 0 aromatic heterocycles. The highest BCUT2D eigenvalue weighted by molar-refractivity contribution is 5.94. The van der Waals surface area contributed by atoms with E-state index in [0.717, 1.165) is 13.1 Å². The summed E-state index contributed by atoms with van der Waals surface area (Å²) in [6.45, 7) is 7.66. The maximum atomic E-state index is 14.4. The molecule has 2 aliphatic rings. The van der Waals surface area contributed by atoms with E-state index in [2.05, 4.69) is 9.80 Å². The fourth-order valence-electron chi connectivity index (χ4n) is 4.44. The predicted molar refractivity (Wildman–Crippen MR) is 123 cm³/mol. The van der Waals surface area contributed by atoms with Gasteiger partial charge in [0.05, 0.1) is 12.2 Å². The summed E-state index contributed by atoms with van der Waals surface area (Å²) in [6.07, 6.45) is 0. The van der Waals surface area contributed by atoms with E-state index in [1.807, 2.05) is 15.9 Å². The summed E-state index contributed by atoms with van der Waals surface area (Å²) in [5.74, 6) is -0.631. The Morgan fingerprint density at radius 3 is 2.12 bits per heavy atom. The molecule has 0 spiro atoms. The number of hydrogen-bond donors (Lipinski definition) is 0. The summed E-state index contributed by atoms with van der Waals surface area (Å²) < 4.78 is 28.3. The minimum atomic E-state index is -0.388. The van der Waals surface area contributed by atoms with Crippen molar-refractivity contribution in [2.24, 2.45) is 0 Å². The summed E-state index contributed by atoms with van der Waals surface area (Å²) in [7, 11) is 0. The van der Waals surface area contributed by atoms with Crippen LogP contribution in [0.1, 0.15) is 22.8 Å². The van der Waals surface area contributed by atoms with Crippen LogP contribution in [-0.4, -0.2) is 85.3 Å². The van der Waals surface area contributed by atoms with E-state index < -0.39 is 0 Å². The van der Waals surface area contributed by atoms with Crippen molar-refractivity contribution in [3.05, 3.63) is 65.2 Å². The number of carbonyl (C=O) groups excluding carboxylic acids is 2. The summed E-state index contributed by atoms with van der Waals surface area (Å²) in [6, 6.07) is 11.4. The molecular formula is C25H30F2N4O2. The lowest BCUT2D eigenvalue weighted by Gasteiger charge is -2.38. The summed E-state index contributed by atoms with van der Waals surface area (Å²) in [5.41, 5.74) is 1.55. The van der Waals surface area contributed by atoms with Gasteiger partial charge in [-0.2, -0.15) is 0 Å². The lowest BCUT2D eigenvalue weighted by atomic mass is 10.1. The molecule has 6 nitrogen and oxygen atoms in total. The van der Waals surface area contributed by atoms with Gasteiger partial charge in [-0.3, -0.25) is 19.4 Å². The second-order valence-electron chi connectivity index (χ2n) is 8.73. The Labute approximate surface area is 193 Å². The Bertz CT molecular complexity index is 1000. The van der Waals surface area contributed by atoms with Gasteiger partial charge >= 0.3 is 0 Å². The molecule has 2 heterocycles. The number of halogens is 2. The first-order chi connectivity index (χ1) is 15.9. The second-order valence-corrected chi connectivity index (χ2v) is 8.73. The Morgan fingerprint density at radius 2 is 1.48 bits per heavy atom. The molecule has 0 bridgehead atoms. The number of Topliss-reactive ketones (excluding diaryl/α,β-unsaturated/α-hetero) is 1. The van der Waals surface area contributed by atoms with E-state index in [4.69, 9.17) is 0 Å². The highest BCUT2D eigenvalue weighted by Crippen LogP contribution is 2.22. The van der Waals surface area contributed by atoms with Gasteiger partial charge in [0, 0.05) is 70.0 Å². The first-order valence-electron chi connectivity index (χ1n) is 11.4. The fraction of sp³-hybridized carbons (Fsp3) is 0.440. The lowest BCUT2D eigenvalue weighted by molar-refractivity contribution is -0.134. The van der Waals surface area contributed by atoms with Gasteiger partial charge in [-0.15, -0.1) is 0 Å². The van der Waals surface area contributed by atoms with Gasteiger partial charge in [-0.25, -0.2) is 8.78 Å². The topological polar surface area (TPSA) is 47.1 Å². The zero-order valence-corrected chi connectivity index (χ0v) is 19.0. The van der Waals surface area contributed by atoms with Crippen LogP contribution in [0.25, 0.3) is 0 Å². The van der Waals surface area contributed by atoms with Gasteiger partial charge in [0.25, 0.3) is 0 Å². The normalized spacial score (nSPS) is 17.9. The Kier molecular flexibility index (Phi) is 7.35. The third-order valence-electron chi connectivity index (χ3n) is 6.50. The van der Waals surface area contributed by atoms with Crippen LogP contribution in [0.4, 0.5) is 14.5 Å². The van der Waals surface area contributed by atoms with Crippen LogP contribution in [0.5, 0.6) is 0 Å². The number of benzene rings is 2. The van der Waals surface area contributed by atoms with Crippen molar-refractivity contribution in [2.75, 3.05) is 63.8 Å². The third-order valence-corrected chi connectivity index (χ3v) is 6.50. The zero-order chi connectivity index (χ0) is 23.4. The summed E-state index contributed by atoms with van der Waals surface area (Å²) >= 11 is 0. The van der Waals surface area contributed by atoms with Gasteiger partial charge in [-0.1, -0.05) is 18.2 Å². The molecule has 2 aromatic rings. The molecule has 2 saturated heterocycles. The molecule has 2 fully saturated rings. The van der Waals surface area contributed by atoms with Crippen molar-refractivity contribution < 1.29 is 18.4 Å². The van der Waals surface area contributed by atoms with E-state index in [9.17, 15) is 18.4 Å². The van der Waals surface area contributed by atoms with Crippen LogP contribution in [0.3, 0.4) is 0 Å². The van der Waals surface area contributed by atoms with E-state index in [1.165, 1.54) is 19.1 Å². The first-order valence-corrected chi connectivity index (χ1v) is 11.4. The molecule has 1 amide bonds. The SMILES string of the molecule is CC(=O)c1ccc(N2CCN(CC(=O)N3CCN(Cc4ccccc4F)CC3)CC2)c(F)c1. The molecule has 0 radical (unpaired) electrons. The number of amides is 1. The minimum Gasteiger partial charge on any atom is -0.367 e. The minimum absolute atomic E-state index is 0.103. The molecule has 8 heteroatoms. The maximum absolute atomic E-state index is 14.4. The van der Waals surface area contributed by atoms with Gasteiger partial charge in [0.15, 0.2) is 5.78 Å². The van der Waals surface area contributed by atoms with Gasteiger partial charge in [0.1, 0.15) is 11.6 Å². The third kappa shape index (κ3) is 5.75. The van der Waals surface area contributed by atoms with Gasteiger partial charge in [0.2, 0.25) is 5.91 Å². The molecule has 2 aliphatic heterocycles. The number of rotatable bonds is 6. The van der Waals surface area contributed by atoms with Crippen LogP contribution in [-0.2, 0) is 11.3 Å². The van der Waals surface area contributed by atoms with Crippen LogP contribution >= 0.6 is 0 Å². The van der Waals surface area contributed by atoms with Crippen molar-refractivity contribution in [3.63, 3.8) is 0 Å².